The number of carbonyl (C=O) groups excluding carboxylic acids is 1. The molecule has 88 valence electrons. The monoisotopic (exact) mass is 223 g/mol. The lowest BCUT2D eigenvalue weighted by atomic mass is 10.1. The van der Waals surface area contributed by atoms with Crippen molar-refractivity contribution in [3.8, 4) is 0 Å². The molecule has 0 N–H and O–H groups in total. The van der Waals surface area contributed by atoms with Crippen molar-refractivity contribution in [1.82, 2.24) is 0 Å². The Morgan fingerprint density at radius 1 is 1.25 bits per heavy atom. The van der Waals surface area contributed by atoms with Gasteiger partial charge in [-0.1, -0.05) is 13.8 Å². The zero-order valence-electron chi connectivity index (χ0n) is 9.87. The fraction of sp³-hybridized carbons (Fsp3) is 0.462. The van der Waals surface area contributed by atoms with Gasteiger partial charge < -0.3 is 4.90 Å². The van der Waals surface area contributed by atoms with Gasteiger partial charge in [0.2, 0.25) is 0 Å². The third kappa shape index (κ3) is 3.05. The molecule has 0 saturated carbocycles. The maximum Gasteiger partial charge on any atom is 0.152 e. The van der Waals surface area contributed by atoms with Crippen molar-refractivity contribution in [2.24, 2.45) is 0 Å². The van der Waals surface area contributed by atoms with Gasteiger partial charge in [0.05, 0.1) is 0 Å². The fourth-order valence-electron chi connectivity index (χ4n) is 1.80. The Morgan fingerprint density at radius 2 is 1.88 bits per heavy atom. The molecule has 0 aliphatic carbocycles. The van der Waals surface area contributed by atoms with E-state index in [-0.39, 0.29) is 5.82 Å². The highest BCUT2D eigenvalue weighted by Gasteiger charge is 2.10. The van der Waals surface area contributed by atoms with Crippen LogP contribution in [0.3, 0.4) is 0 Å². The Hall–Kier alpha value is -1.38. The summed E-state index contributed by atoms with van der Waals surface area (Å²) < 4.78 is 13.0. The number of hydrogen-bond acceptors (Lipinski definition) is 2. The molecule has 1 aromatic rings. The predicted octanol–water partition coefficient (Wildman–Crippen LogP) is 3.26. The Labute approximate surface area is 96.1 Å². The molecule has 0 aliphatic rings. The van der Waals surface area contributed by atoms with Gasteiger partial charge in [0.1, 0.15) is 5.82 Å². The zero-order valence-corrected chi connectivity index (χ0v) is 9.87. The smallest absolute Gasteiger partial charge is 0.152 e. The van der Waals surface area contributed by atoms with Crippen LogP contribution in [0.5, 0.6) is 0 Å². The highest BCUT2D eigenvalue weighted by atomic mass is 19.1. The van der Waals surface area contributed by atoms with Crippen LogP contribution in [0.1, 0.15) is 37.0 Å². The van der Waals surface area contributed by atoms with Crippen LogP contribution < -0.4 is 4.90 Å². The molecule has 0 unspecified atom stereocenters. The highest BCUT2D eigenvalue weighted by Crippen LogP contribution is 2.20. The van der Waals surface area contributed by atoms with Crippen LogP contribution in [0.15, 0.2) is 18.2 Å². The molecule has 0 bridgehead atoms. The van der Waals surface area contributed by atoms with Crippen molar-refractivity contribution in [2.75, 3.05) is 18.0 Å². The van der Waals surface area contributed by atoms with E-state index in [1.54, 1.807) is 6.07 Å². The van der Waals surface area contributed by atoms with Gasteiger partial charge in [-0.05, 0) is 31.0 Å². The molecule has 16 heavy (non-hydrogen) atoms. The molecule has 1 aromatic carbocycles. The maximum absolute atomic E-state index is 13.0. The minimum Gasteiger partial charge on any atom is -0.371 e. The zero-order chi connectivity index (χ0) is 12.0. The molecule has 0 aromatic heterocycles. The second-order valence-corrected chi connectivity index (χ2v) is 3.81. The lowest BCUT2D eigenvalue weighted by Gasteiger charge is -2.25. The minimum atomic E-state index is -0.362. The van der Waals surface area contributed by atoms with E-state index < -0.39 is 0 Å². The van der Waals surface area contributed by atoms with Crippen molar-refractivity contribution < 1.29 is 9.18 Å². The first-order valence-corrected chi connectivity index (χ1v) is 5.72. The second-order valence-electron chi connectivity index (χ2n) is 3.81. The van der Waals surface area contributed by atoms with E-state index in [1.165, 1.54) is 12.1 Å². The van der Waals surface area contributed by atoms with Gasteiger partial charge >= 0.3 is 0 Å². The van der Waals surface area contributed by atoms with E-state index >= 15 is 0 Å². The molecular weight excluding hydrogens is 205 g/mol. The average Bonchev–Trinajstić information content (AvgIpc) is 2.28. The average molecular weight is 223 g/mol. The van der Waals surface area contributed by atoms with E-state index in [4.69, 9.17) is 0 Å². The number of carbonyl (C=O) groups is 1. The van der Waals surface area contributed by atoms with Gasteiger partial charge in [0.25, 0.3) is 0 Å². The molecule has 0 radical (unpaired) electrons. The van der Waals surface area contributed by atoms with Crippen LogP contribution in [0.4, 0.5) is 10.1 Å². The molecule has 3 heteroatoms. The Bertz CT molecular complexity index is 346. The number of rotatable bonds is 6. The third-order valence-electron chi connectivity index (χ3n) is 2.44. The van der Waals surface area contributed by atoms with Gasteiger partial charge in [-0.3, -0.25) is 4.79 Å². The minimum absolute atomic E-state index is 0.362. The van der Waals surface area contributed by atoms with Gasteiger partial charge in [-0.2, -0.15) is 0 Å². The van der Waals surface area contributed by atoms with Crippen LogP contribution in [0.25, 0.3) is 0 Å². The summed E-state index contributed by atoms with van der Waals surface area (Å²) in [5.41, 5.74) is 1.27. The van der Waals surface area contributed by atoms with Gasteiger partial charge in [0.15, 0.2) is 6.29 Å². The first kappa shape index (κ1) is 12.7. The Morgan fingerprint density at radius 3 is 2.38 bits per heavy atom. The number of benzene rings is 1. The second kappa shape index (κ2) is 6.26. The normalized spacial score (nSPS) is 10.2. The van der Waals surface area contributed by atoms with Crippen molar-refractivity contribution >= 4 is 12.0 Å². The van der Waals surface area contributed by atoms with E-state index in [0.717, 1.165) is 37.9 Å². The SMILES string of the molecule is CCCN(CCC)c1ccc(F)cc1C=O. The highest BCUT2D eigenvalue weighted by molar-refractivity contribution is 5.84. The fourth-order valence-corrected chi connectivity index (χ4v) is 1.80. The summed E-state index contributed by atoms with van der Waals surface area (Å²) in [6, 6.07) is 4.38. The van der Waals surface area contributed by atoms with Crippen LogP contribution in [-0.2, 0) is 0 Å². The summed E-state index contributed by atoms with van der Waals surface area (Å²) in [7, 11) is 0. The predicted molar refractivity (Wildman–Crippen MR) is 64.6 cm³/mol. The molecule has 0 saturated heterocycles. The summed E-state index contributed by atoms with van der Waals surface area (Å²) in [4.78, 5) is 13.0. The van der Waals surface area contributed by atoms with E-state index in [2.05, 4.69) is 18.7 Å². The third-order valence-corrected chi connectivity index (χ3v) is 2.44. The first-order valence-electron chi connectivity index (χ1n) is 5.72. The molecule has 0 atom stereocenters. The van der Waals surface area contributed by atoms with Crippen LogP contribution in [0, 0.1) is 5.82 Å². The van der Waals surface area contributed by atoms with Crippen LogP contribution in [0.2, 0.25) is 0 Å². The van der Waals surface area contributed by atoms with Crippen molar-refractivity contribution in [2.45, 2.75) is 26.7 Å². The van der Waals surface area contributed by atoms with E-state index in [9.17, 15) is 9.18 Å². The van der Waals surface area contributed by atoms with Gasteiger partial charge in [0, 0.05) is 24.3 Å². The molecule has 0 aliphatic heterocycles. The number of aldehydes is 1. The summed E-state index contributed by atoms with van der Waals surface area (Å²) in [5, 5.41) is 0. The lowest BCUT2D eigenvalue weighted by molar-refractivity contribution is 0.112. The number of anilines is 1. The molecule has 0 spiro atoms. The molecule has 0 amide bonds. The molecule has 0 heterocycles. The van der Waals surface area contributed by atoms with E-state index in [0.29, 0.717) is 5.56 Å². The summed E-state index contributed by atoms with van der Waals surface area (Å²) in [6.45, 7) is 5.96. The van der Waals surface area contributed by atoms with Crippen molar-refractivity contribution in [3.05, 3.63) is 29.6 Å². The maximum atomic E-state index is 13.0. The van der Waals surface area contributed by atoms with Crippen LogP contribution >= 0.6 is 0 Å². The molecule has 2 nitrogen and oxygen atoms in total. The number of hydrogen-bond donors (Lipinski definition) is 0. The standard InChI is InChI=1S/C13H18FNO/c1-3-7-15(8-4-2)13-6-5-12(14)9-11(13)10-16/h5-6,9-10H,3-4,7-8H2,1-2H3. The number of halogens is 1. The summed E-state index contributed by atoms with van der Waals surface area (Å²) in [6.07, 6.45) is 2.74. The number of nitrogens with zero attached hydrogens (tertiary/aromatic N) is 1. The van der Waals surface area contributed by atoms with Gasteiger partial charge in [-0.15, -0.1) is 0 Å². The Balaban J connectivity index is 3.02. The largest absolute Gasteiger partial charge is 0.371 e. The van der Waals surface area contributed by atoms with Crippen molar-refractivity contribution in [1.29, 1.82) is 0 Å². The summed E-state index contributed by atoms with van der Waals surface area (Å²) in [5.74, 6) is -0.362. The first-order chi connectivity index (χ1) is 7.72. The molecule has 1 rings (SSSR count). The van der Waals surface area contributed by atoms with E-state index in [1.807, 2.05) is 0 Å². The molecule has 0 fully saturated rings. The van der Waals surface area contributed by atoms with Crippen LogP contribution in [-0.4, -0.2) is 19.4 Å². The quantitative estimate of drug-likeness (QED) is 0.690. The summed E-state index contributed by atoms with van der Waals surface area (Å²) >= 11 is 0. The van der Waals surface area contributed by atoms with Gasteiger partial charge in [-0.25, -0.2) is 4.39 Å². The van der Waals surface area contributed by atoms with Crippen molar-refractivity contribution in [3.63, 3.8) is 0 Å². The Kier molecular flexibility index (Phi) is 4.96. The topological polar surface area (TPSA) is 20.3 Å². The lowest BCUT2D eigenvalue weighted by Crippen LogP contribution is -2.26. The molecular formula is C13H18FNO.